The van der Waals surface area contributed by atoms with Crippen LogP contribution < -0.4 is 0 Å². The molecule has 2 aliphatic rings. The smallest absolute Gasteiger partial charge is 0.0598 e. The van der Waals surface area contributed by atoms with Gasteiger partial charge in [-0.1, -0.05) is 27.7 Å². The molecule has 2 atom stereocenters. The van der Waals surface area contributed by atoms with E-state index in [1.807, 2.05) is 0 Å². The lowest BCUT2D eigenvalue weighted by molar-refractivity contribution is -0.0115. The Morgan fingerprint density at radius 3 is 1.94 bits per heavy atom. The molecule has 0 aliphatic carbocycles. The third-order valence-corrected chi connectivity index (χ3v) is 4.10. The van der Waals surface area contributed by atoms with Crippen molar-refractivity contribution >= 4 is 0 Å². The molecule has 0 saturated carbocycles. The van der Waals surface area contributed by atoms with E-state index in [0.717, 1.165) is 31.7 Å². The van der Waals surface area contributed by atoms with Gasteiger partial charge in [0.15, 0.2) is 0 Å². The maximum Gasteiger partial charge on any atom is 0.0598 e. The molecule has 2 heterocycles. The van der Waals surface area contributed by atoms with Crippen molar-refractivity contribution in [2.24, 2.45) is 17.8 Å². The summed E-state index contributed by atoms with van der Waals surface area (Å²) < 4.78 is 10.9. The molecule has 0 aromatic heterocycles. The summed E-state index contributed by atoms with van der Waals surface area (Å²) in [5.41, 5.74) is 0. The van der Waals surface area contributed by atoms with E-state index in [9.17, 15) is 0 Å². The van der Waals surface area contributed by atoms with E-state index in [0.29, 0.717) is 12.0 Å². The highest BCUT2D eigenvalue weighted by Crippen LogP contribution is 2.21. The van der Waals surface area contributed by atoms with Gasteiger partial charge in [0.2, 0.25) is 0 Å². The molecule has 0 aromatic carbocycles. The second kappa shape index (κ2) is 8.92. The lowest BCUT2D eigenvalue weighted by Crippen LogP contribution is -2.24. The van der Waals surface area contributed by atoms with Crippen LogP contribution in [0.15, 0.2) is 0 Å². The zero-order valence-corrected chi connectivity index (χ0v) is 12.8. The van der Waals surface area contributed by atoms with Gasteiger partial charge in [-0.15, -0.1) is 0 Å². The molecule has 2 fully saturated rings. The van der Waals surface area contributed by atoms with Crippen molar-refractivity contribution in [1.82, 2.24) is 0 Å². The van der Waals surface area contributed by atoms with Crippen LogP contribution in [0.5, 0.6) is 0 Å². The van der Waals surface area contributed by atoms with Gasteiger partial charge in [0.1, 0.15) is 0 Å². The minimum atomic E-state index is 0.554. The number of rotatable bonds is 2. The van der Waals surface area contributed by atoms with Crippen LogP contribution >= 0.6 is 0 Å². The van der Waals surface area contributed by atoms with E-state index in [1.165, 1.54) is 32.1 Å². The van der Waals surface area contributed by atoms with Gasteiger partial charge in [0.25, 0.3) is 0 Å². The third-order valence-electron chi connectivity index (χ3n) is 4.10. The average molecular weight is 256 g/mol. The van der Waals surface area contributed by atoms with Crippen LogP contribution in [0.3, 0.4) is 0 Å². The van der Waals surface area contributed by atoms with Gasteiger partial charge in [-0.25, -0.2) is 0 Å². The van der Waals surface area contributed by atoms with Crippen molar-refractivity contribution in [1.29, 1.82) is 0 Å². The maximum absolute atomic E-state index is 5.54. The van der Waals surface area contributed by atoms with E-state index in [1.54, 1.807) is 0 Å². The van der Waals surface area contributed by atoms with Crippen molar-refractivity contribution in [3.63, 3.8) is 0 Å². The zero-order valence-electron chi connectivity index (χ0n) is 12.8. The van der Waals surface area contributed by atoms with Crippen LogP contribution in [0.2, 0.25) is 0 Å². The van der Waals surface area contributed by atoms with Gasteiger partial charge in [0, 0.05) is 19.8 Å². The first kappa shape index (κ1) is 16.0. The first-order valence-electron chi connectivity index (χ1n) is 7.80. The summed E-state index contributed by atoms with van der Waals surface area (Å²) in [5, 5.41) is 0. The number of hydrogen-bond donors (Lipinski definition) is 0. The minimum absolute atomic E-state index is 0.554. The molecule has 0 amide bonds. The molecule has 2 rings (SSSR count). The number of hydrogen-bond acceptors (Lipinski definition) is 2. The Kier molecular flexibility index (Phi) is 7.92. The summed E-state index contributed by atoms with van der Waals surface area (Å²) in [6.45, 7) is 12.0. The molecule has 108 valence electrons. The molecule has 0 radical (unpaired) electrons. The van der Waals surface area contributed by atoms with E-state index < -0.39 is 0 Å². The molecule has 18 heavy (non-hydrogen) atoms. The fraction of sp³-hybridized carbons (Fsp3) is 1.00. The Morgan fingerprint density at radius 2 is 1.61 bits per heavy atom. The van der Waals surface area contributed by atoms with Crippen LogP contribution in [-0.4, -0.2) is 25.9 Å². The Morgan fingerprint density at radius 1 is 0.833 bits per heavy atom. The van der Waals surface area contributed by atoms with Gasteiger partial charge >= 0.3 is 0 Å². The summed E-state index contributed by atoms with van der Waals surface area (Å²) in [5.74, 6) is 2.36. The maximum atomic E-state index is 5.54. The van der Waals surface area contributed by atoms with E-state index in [-0.39, 0.29) is 0 Å². The Hall–Kier alpha value is -0.0800. The fourth-order valence-electron chi connectivity index (χ4n) is 2.58. The van der Waals surface area contributed by atoms with Crippen molar-refractivity contribution in [2.75, 3.05) is 19.8 Å². The summed E-state index contributed by atoms with van der Waals surface area (Å²) in [7, 11) is 0. The molecule has 0 N–H and O–H groups in total. The zero-order chi connectivity index (χ0) is 13.4. The molecule has 2 nitrogen and oxygen atoms in total. The normalized spacial score (nSPS) is 29.0. The molecule has 2 unspecified atom stereocenters. The molecule has 0 bridgehead atoms. The molecule has 2 aliphatic heterocycles. The van der Waals surface area contributed by atoms with Gasteiger partial charge in [0.05, 0.1) is 6.10 Å². The highest BCUT2D eigenvalue weighted by atomic mass is 16.5. The second-order valence-corrected chi connectivity index (χ2v) is 6.37. The minimum Gasteiger partial charge on any atom is -0.381 e. The van der Waals surface area contributed by atoms with E-state index >= 15 is 0 Å². The van der Waals surface area contributed by atoms with E-state index in [2.05, 4.69) is 27.7 Å². The Bertz CT molecular complexity index is 167. The Balaban J connectivity index is 0.000000180. The topological polar surface area (TPSA) is 18.5 Å². The molecular formula is C16H32O2. The van der Waals surface area contributed by atoms with Crippen molar-refractivity contribution in [2.45, 2.75) is 65.9 Å². The summed E-state index contributed by atoms with van der Waals surface area (Å²) in [4.78, 5) is 0. The summed E-state index contributed by atoms with van der Waals surface area (Å²) in [6.07, 6.45) is 7.10. The standard InChI is InChI=1S/2C8H16O/c1-7(2)8-4-3-5-9-6-8;1-7(2)8-5-3-4-6-9-8/h2*7-8H,3-6H2,1-2H3. The van der Waals surface area contributed by atoms with Crippen LogP contribution in [0.1, 0.15) is 59.8 Å². The van der Waals surface area contributed by atoms with Gasteiger partial charge in [-0.3, -0.25) is 0 Å². The van der Waals surface area contributed by atoms with Crippen molar-refractivity contribution in [3.8, 4) is 0 Å². The lowest BCUT2D eigenvalue weighted by atomic mass is 9.91. The summed E-state index contributed by atoms with van der Waals surface area (Å²) >= 11 is 0. The van der Waals surface area contributed by atoms with Crippen LogP contribution in [0.4, 0.5) is 0 Å². The van der Waals surface area contributed by atoms with Crippen molar-refractivity contribution < 1.29 is 9.47 Å². The van der Waals surface area contributed by atoms with Gasteiger partial charge < -0.3 is 9.47 Å². The molecular weight excluding hydrogens is 224 g/mol. The molecule has 0 aromatic rings. The quantitative estimate of drug-likeness (QED) is 0.734. The summed E-state index contributed by atoms with van der Waals surface area (Å²) in [6, 6.07) is 0. The van der Waals surface area contributed by atoms with E-state index in [4.69, 9.17) is 9.47 Å². The third kappa shape index (κ3) is 6.19. The molecule has 2 heteroatoms. The monoisotopic (exact) mass is 256 g/mol. The first-order valence-corrected chi connectivity index (χ1v) is 7.80. The first-order chi connectivity index (χ1) is 8.61. The molecule has 0 spiro atoms. The fourth-order valence-corrected chi connectivity index (χ4v) is 2.58. The van der Waals surface area contributed by atoms with Crippen molar-refractivity contribution in [3.05, 3.63) is 0 Å². The predicted octanol–water partition coefficient (Wildman–Crippen LogP) is 4.28. The van der Waals surface area contributed by atoms with Gasteiger partial charge in [-0.05, 0) is 49.9 Å². The molecule has 2 saturated heterocycles. The lowest BCUT2D eigenvalue weighted by Gasteiger charge is -2.25. The average Bonchev–Trinajstić information content (AvgIpc) is 2.41. The van der Waals surface area contributed by atoms with Crippen LogP contribution in [0.25, 0.3) is 0 Å². The second-order valence-electron chi connectivity index (χ2n) is 6.37. The highest BCUT2D eigenvalue weighted by Gasteiger charge is 2.17. The largest absolute Gasteiger partial charge is 0.381 e. The van der Waals surface area contributed by atoms with Crippen LogP contribution in [0, 0.1) is 17.8 Å². The van der Waals surface area contributed by atoms with Gasteiger partial charge in [-0.2, -0.15) is 0 Å². The highest BCUT2D eigenvalue weighted by molar-refractivity contribution is 4.66. The number of ether oxygens (including phenoxy) is 2. The predicted molar refractivity (Wildman–Crippen MR) is 76.8 cm³/mol. The Labute approximate surface area is 113 Å². The SMILES string of the molecule is CC(C)C1CCCCO1.CC(C)C1CCCOC1. The van der Waals surface area contributed by atoms with Crippen LogP contribution in [-0.2, 0) is 9.47 Å².